The van der Waals surface area contributed by atoms with Crippen molar-refractivity contribution in [1.29, 1.82) is 0 Å². The van der Waals surface area contributed by atoms with Crippen LogP contribution in [0.1, 0.15) is 24.1 Å². The van der Waals surface area contributed by atoms with E-state index in [1.165, 1.54) is 29.2 Å². The number of aromatic nitrogens is 4. The molecule has 9 heteroatoms. The summed E-state index contributed by atoms with van der Waals surface area (Å²) in [5.74, 6) is 0.436. The fourth-order valence-corrected chi connectivity index (χ4v) is 3.85. The van der Waals surface area contributed by atoms with Crippen molar-refractivity contribution in [3.05, 3.63) is 64.3 Å². The van der Waals surface area contributed by atoms with Crippen LogP contribution in [-0.4, -0.2) is 62.1 Å². The number of benzene rings is 1. The van der Waals surface area contributed by atoms with Gasteiger partial charge in [0.25, 0.3) is 11.3 Å². The van der Waals surface area contributed by atoms with E-state index in [4.69, 9.17) is 0 Å². The molecule has 4 rings (SSSR count). The molecule has 0 amide bonds. The van der Waals surface area contributed by atoms with Crippen molar-refractivity contribution < 1.29 is 0 Å². The highest BCUT2D eigenvalue weighted by Crippen LogP contribution is 2.17. The van der Waals surface area contributed by atoms with Crippen LogP contribution < -0.4 is 5.56 Å². The van der Waals surface area contributed by atoms with E-state index in [0.717, 1.165) is 31.7 Å². The van der Waals surface area contributed by atoms with Gasteiger partial charge in [0.1, 0.15) is 6.33 Å². The number of H-pyrrole nitrogens is 1. The second-order valence-electron chi connectivity index (χ2n) is 7.36. The van der Waals surface area contributed by atoms with Gasteiger partial charge in [0.15, 0.2) is 0 Å². The number of halogens is 2. The first-order chi connectivity index (χ1) is 13.2. The zero-order valence-corrected chi connectivity index (χ0v) is 18.2. The normalized spacial score (nSPS) is 17.1. The Hall–Kier alpha value is -1.93. The molecule has 1 fully saturated rings. The summed E-state index contributed by atoms with van der Waals surface area (Å²) in [6.45, 7) is 3.81. The van der Waals surface area contributed by atoms with E-state index in [0.29, 0.717) is 18.4 Å². The minimum atomic E-state index is -0.110. The molecular weight excluding hydrogens is 411 g/mol. The summed E-state index contributed by atoms with van der Waals surface area (Å²) in [6, 6.07) is 12.8. The smallest absolute Gasteiger partial charge is 0.274 e. The van der Waals surface area contributed by atoms with E-state index in [2.05, 4.69) is 62.2 Å². The highest BCUT2D eigenvalue weighted by atomic mass is 35.5. The molecule has 2 aromatic heterocycles. The number of likely N-dealkylation sites (tertiary alicyclic amines) is 1. The molecule has 1 aliphatic heterocycles. The highest BCUT2D eigenvalue weighted by molar-refractivity contribution is 5.85. The topological polar surface area (TPSA) is 69.5 Å². The largest absolute Gasteiger partial charge is 0.302 e. The van der Waals surface area contributed by atoms with Crippen molar-refractivity contribution in [2.75, 3.05) is 26.7 Å². The van der Waals surface area contributed by atoms with Crippen molar-refractivity contribution in [2.45, 2.75) is 31.8 Å². The zero-order valence-electron chi connectivity index (χ0n) is 16.5. The predicted octanol–water partition coefficient (Wildman–Crippen LogP) is 2.40. The number of fused-ring (bicyclic) bond motifs is 1. The Morgan fingerprint density at radius 3 is 2.83 bits per heavy atom. The van der Waals surface area contributed by atoms with Gasteiger partial charge in [-0.1, -0.05) is 30.3 Å². The summed E-state index contributed by atoms with van der Waals surface area (Å²) in [6.07, 6.45) is 4.95. The number of nitrogens with one attached hydrogen (secondary N) is 1. The monoisotopic (exact) mass is 438 g/mol. The van der Waals surface area contributed by atoms with Gasteiger partial charge in [-0.2, -0.15) is 4.52 Å². The van der Waals surface area contributed by atoms with Crippen LogP contribution in [0.5, 0.6) is 0 Å². The third-order valence-corrected chi connectivity index (χ3v) is 5.41. The number of hydrogen-bond donors (Lipinski definition) is 1. The maximum absolute atomic E-state index is 12.1. The average molecular weight is 439 g/mol. The molecule has 0 bridgehead atoms. The maximum atomic E-state index is 12.1. The Morgan fingerprint density at radius 2 is 2.03 bits per heavy atom. The molecule has 1 aromatic carbocycles. The Kier molecular flexibility index (Phi) is 8.64. The maximum Gasteiger partial charge on any atom is 0.274 e. The van der Waals surface area contributed by atoms with Crippen molar-refractivity contribution in [3.8, 4) is 0 Å². The van der Waals surface area contributed by atoms with E-state index < -0.39 is 0 Å². The van der Waals surface area contributed by atoms with Gasteiger partial charge in [0.2, 0.25) is 0 Å². The molecule has 0 radical (unpaired) electrons. The quantitative estimate of drug-likeness (QED) is 0.639. The molecule has 3 aromatic rings. The number of nitrogens with zero attached hydrogens (tertiary/aromatic N) is 5. The SMILES string of the molecule is CN(CCc1ccccc1)C1CCCN(Cc2cc(=O)n3[nH]cnc3n2)C1.Cl.Cl. The van der Waals surface area contributed by atoms with Crippen LogP contribution in [-0.2, 0) is 13.0 Å². The summed E-state index contributed by atoms with van der Waals surface area (Å²) >= 11 is 0. The molecule has 3 heterocycles. The Morgan fingerprint density at radius 1 is 1.24 bits per heavy atom. The summed E-state index contributed by atoms with van der Waals surface area (Å²) < 4.78 is 1.36. The van der Waals surface area contributed by atoms with Crippen molar-refractivity contribution in [2.24, 2.45) is 0 Å². The molecule has 7 nitrogen and oxygen atoms in total. The lowest BCUT2D eigenvalue weighted by Gasteiger charge is -2.37. The van der Waals surface area contributed by atoms with Crippen LogP contribution in [0.4, 0.5) is 0 Å². The predicted molar refractivity (Wildman–Crippen MR) is 119 cm³/mol. The minimum Gasteiger partial charge on any atom is -0.302 e. The van der Waals surface area contributed by atoms with Gasteiger partial charge in [-0.15, -0.1) is 24.8 Å². The van der Waals surface area contributed by atoms with Gasteiger partial charge < -0.3 is 4.90 Å². The third-order valence-electron chi connectivity index (χ3n) is 5.41. The second-order valence-corrected chi connectivity index (χ2v) is 7.36. The van der Waals surface area contributed by atoms with Crippen LogP contribution in [0, 0.1) is 0 Å². The number of hydrogen-bond acceptors (Lipinski definition) is 5. The Labute approximate surface area is 183 Å². The van der Waals surface area contributed by atoms with Crippen molar-refractivity contribution in [3.63, 3.8) is 0 Å². The first kappa shape index (κ1) is 23.3. The molecule has 1 N–H and O–H groups in total. The van der Waals surface area contributed by atoms with E-state index in [1.807, 2.05) is 0 Å². The standard InChI is InChI=1S/C20H26N6O.2ClH/c1-24(11-9-16-6-3-2-4-7-16)18-8-5-10-25(14-18)13-17-12-19(27)26-20(23-17)21-15-22-26;;/h2-4,6-7,12,15,18H,5,8-11,13-14H2,1H3,(H,21,22,23);2*1H. The summed E-state index contributed by atoms with van der Waals surface area (Å²) in [5.41, 5.74) is 2.06. The van der Waals surface area contributed by atoms with Crippen LogP contribution in [0.25, 0.3) is 5.78 Å². The molecule has 0 spiro atoms. The number of rotatable bonds is 6. The average Bonchev–Trinajstić information content (AvgIpc) is 3.16. The van der Waals surface area contributed by atoms with Gasteiger partial charge in [-0.3, -0.25) is 14.8 Å². The van der Waals surface area contributed by atoms with E-state index >= 15 is 0 Å². The van der Waals surface area contributed by atoms with Crippen LogP contribution in [0.2, 0.25) is 0 Å². The lowest BCUT2D eigenvalue weighted by molar-refractivity contribution is 0.111. The molecule has 0 saturated carbocycles. The van der Waals surface area contributed by atoms with Gasteiger partial charge in [-0.25, -0.2) is 9.97 Å². The van der Waals surface area contributed by atoms with Gasteiger partial charge in [-0.05, 0) is 38.4 Å². The molecular formula is C20H28Cl2N6O. The molecule has 1 unspecified atom stereocenters. The first-order valence-electron chi connectivity index (χ1n) is 9.57. The van der Waals surface area contributed by atoms with E-state index in [-0.39, 0.29) is 30.4 Å². The van der Waals surface area contributed by atoms with Crippen LogP contribution >= 0.6 is 24.8 Å². The Balaban J connectivity index is 0.00000150. The molecule has 1 aliphatic rings. The molecule has 1 atom stereocenters. The summed E-state index contributed by atoms with van der Waals surface area (Å²) in [4.78, 5) is 25.6. The second kappa shape index (κ2) is 10.7. The molecule has 0 aliphatic carbocycles. The van der Waals surface area contributed by atoms with Crippen LogP contribution in [0.15, 0.2) is 47.5 Å². The fraction of sp³-hybridized carbons (Fsp3) is 0.450. The van der Waals surface area contributed by atoms with E-state index in [1.54, 1.807) is 6.07 Å². The highest BCUT2D eigenvalue weighted by Gasteiger charge is 2.23. The molecule has 158 valence electrons. The van der Waals surface area contributed by atoms with Gasteiger partial charge in [0.05, 0.1) is 5.69 Å². The lowest BCUT2D eigenvalue weighted by Crippen LogP contribution is -2.46. The number of piperidine rings is 1. The number of likely N-dealkylation sites (N-methyl/N-ethyl adjacent to an activating group) is 1. The lowest BCUT2D eigenvalue weighted by atomic mass is 10.0. The number of aromatic amines is 1. The zero-order chi connectivity index (χ0) is 18.6. The minimum absolute atomic E-state index is 0. The van der Waals surface area contributed by atoms with Crippen LogP contribution in [0.3, 0.4) is 0 Å². The Bertz CT molecular complexity index is 945. The van der Waals surface area contributed by atoms with Gasteiger partial charge in [0, 0.05) is 31.7 Å². The van der Waals surface area contributed by atoms with E-state index in [9.17, 15) is 4.79 Å². The molecule has 29 heavy (non-hydrogen) atoms. The molecule has 1 saturated heterocycles. The van der Waals surface area contributed by atoms with Crippen molar-refractivity contribution in [1.82, 2.24) is 29.4 Å². The fourth-order valence-electron chi connectivity index (χ4n) is 3.85. The summed E-state index contributed by atoms with van der Waals surface area (Å²) in [5, 5.41) is 2.78. The summed E-state index contributed by atoms with van der Waals surface area (Å²) in [7, 11) is 2.22. The van der Waals surface area contributed by atoms with Crippen molar-refractivity contribution >= 4 is 30.6 Å². The van der Waals surface area contributed by atoms with Gasteiger partial charge >= 0.3 is 0 Å². The third kappa shape index (κ3) is 5.79. The first-order valence-corrected chi connectivity index (χ1v) is 9.57.